The summed E-state index contributed by atoms with van der Waals surface area (Å²) in [6.07, 6.45) is -1.61. The number of carboxylic acids is 1. The highest BCUT2D eigenvalue weighted by Crippen LogP contribution is 2.33. The largest absolute Gasteiger partial charge is 0.481 e. The second-order valence-corrected chi connectivity index (χ2v) is 4.40. The Balaban J connectivity index is 2.28. The van der Waals surface area contributed by atoms with Crippen molar-refractivity contribution in [1.82, 2.24) is 0 Å². The van der Waals surface area contributed by atoms with Crippen molar-refractivity contribution in [3.63, 3.8) is 0 Å². The number of rotatable bonds is 4. The lowest BCUT2D eigenvalue weighted by molar-refractivity contribution is -0.151. The number of para-hydroxylation sites is 2. The highest BCUT2D eigenvalue weighted by atomic mass is 16.6. The van der Waals surface area contributed by atoms with Crippen LogP contribution in [0.2, 0.25) is 0 Å². The first-order valence-corrected chi connectivity index (χ1v) is 6.47. The summed E-state index contributed by atoms with van der Waals surface area (Å²) in [4.78, 5) is 35.8. The van der Waals surface area contributed by atoms with Crippen molar-refractivity contribution in [1.29, 1.82) is 0 Å². The number of amides is 1. The first kappa shape index (κ1) is 14.8. The molecular weight excluding hydrogens is 278 g/mol. The third kappa shape index (κ3) is 3.31. The van der Waals surface area contributed by atoms with Crippen LogP contribution >= 0.6 is 0 Å². The SMILES string of the molecule is CCOC(=O)C1CN(C(=O)CC(=O)O)c2ccccc2O1. The molecule has 2 rings (SSSR count). The van der Waals surface area contributed by atoms with Crippen molar-refractivity contribution in [2.45, 2.75) is 19.4 Å². The van der Waals surface area contributed by atoms with Crippen molar-refractivity contribution < 1.29 is 29.0 Å². The van der Waals surface area contributed by atoms with Gasteiger partial charge < -0.3 is 19.5 Å². The number of benzene rings is 1. The number of esters is 1. The minimum atomic E-state index is -1.23. The zero-order chi connectivity index (χ0) is 15.4. The van der Waals surface area contributed by atoms with Crippen LogP contribution in [0.5, 0.6) is 5.75 Å². The van der Waals surface area contributed by atoms with Crippen LogP contribution in [0.15, 0.2) is 24.3 Å². The van der Waals surface area contributed by atoms with Gasteiger partial charge in [-0.15, -0.1) is 0 Å². The Kier molecular flexibility index (Phi) is 4.42. The molecule has 0 fully saturated rings. The van der Waals surface area contributed by atoms with Crippen molar-refractivity contribution in [3.05, 3.63) is 24.3 Å². The molecule has 0 radical (unpaired) electrons. The number of aliphatic carboxylic acids is 1. The van der Waals surface area contributed by atoms with Crippen LogP contribution in [0, 0.1) is 0 Å². The molecule has 1 aromatic rings. The molecule has 1 heterocycles. The smallest absolute Gasteiger partial charge is 0.349 e. The van der Waals surface area contributed by atoms with Gasteiger partial charge in [-0.3, -0.25) is 9.59 Å². The van der Waals surface area contributed by atoms with Crippen LogP contribution in [0.4, 0.5) is 5.69 Å². The van der Waals surface area contributed by atoms with Crippen molar-refractivity contribution in [2.24, 2.45) is 0 Å². The average Bonchev–Trinajstić information content (AvgIpc) is 2.45. The number of nitrogens with zero attached hydrogens (tertiary/aromatic N) is 1. The zero-order valence-corrected chi connectivity index (χ0v) is 11.4. The molecule has 7 heteroatoms. The van der Waals surface area contributed by atoms with Crippen molar-refractivity contribution in [3.8, 4) is 5.75 Å². The molecule has 0 aromatic heterocycles. The lowest BCUT2D eigenvalue weighted by Gasteiger charge is -2.33. The fraction of sp³-hybridized carbons (Fsp3) is 0.357. The predicted octanol–water partition coefficient (Wildman–Crippen LogP) is 0.818. The summed E-state index contributed by atoms with van der Waals surface area (Å²) in [5, 5.41) is 8.75. The van der Waals surface area contributed by atoms with Gasteiger partial charge in [-0.25, -0.2) is 4.79 Å². The summed E-state index contributed by atoms with van der Waals surface area (Å²) in [5.74, 6) is -2.06. The van der Waals surface area contributed by atoms with E-state index in [0.717, 1.165) is 0 Å². The average molecular weight is 293 g/mol. The molecule has 112 valence electrons. The van der Waals surface area contributed by atoms with Gasteiger partial charge in [0, 0.05) is 0 Å². The normalized spacial score (nSPS) is 16.6. The van der Waals surface area contributed by atoms with Gasteiger partial charge in [0.15, 0.2) is 0 Å². The quantitative estimate of drug-likeness (QED) is 0.652. The highest BCUT2D eigenvalue weighted by molar-refractivity contribution is 6.04. The fourth-order valence-corrected chi connectivity index (χ4v) is 2.05. The van der Waals surface area contributed by atoms with Gasteiger partial charge in [0.05, 0.1) is 18.8 Å². The van der Waals surface area contributed by atoms with E-state index in [0.29, 0.717) is 11.4 Å². The Morgan fingerprint density at radius 2 is 2.10 bits per heavy atom. The number of hydrogen-bond acceptors (Lipinski definition) is 5. The summed E-state index contributed by atoms with van der Waals surface area (Å²) < 4.78 is 10.4. The number of ether oxygens (including phenoxy) is 2. The third-order valence-corrected chi connectivity index (χ3v) is 2.93. The van der Waals surface area contributed by atoms with Gasteiger partial charge in [0.1, 0.15) is 12.2 Å². The number of carboxylic acid groups (broad SMARTS) is 1. The predicted molar refractivity (Wildman–Crippen MR) is 72.1 cm³/mol. The molecule has 7 nitrogen and oxygen atoms in total. The van der Waals surface area contributed by atoms with Crippen LogP contribution in [0.3, 0.4) is 0 Å². The minimum absolute atomic E-state index is 0.0675. The lowest BCUT2D eigenvalue weighted by Crippen LogP contribution is -2.48. The molecule has 0 aliphatic carbocycles. The van der Waals surface area contributed by atoms with Crippen LogP contribution < -0.4 is 9.64 Å². The molecule has 1 aliphatic heterocycles. The van der Waals surface area contributed by atoms with E-state index in [9.17, 15) is 14.4 Å². The third-order valence-electron chi connectivity index (χ3n) is 2.93. The van der Waals surface area contributed by atoms with Crippen LogP contribution in [0.1, 0.15) is 13.3 Å². The number of carbonyl (C=O) groups is 3. The van der Waals surface area contributed by atoms with Gasteiger partial charge in [0.2, 0.25) is 12.0 Å². The lowest BCUT2D eigenvalue weighted by atomic mass is 10.1. The minimum Gasteiger partial charge on any atom is -0.481 e. The number of anilines is 1. The fourth-order valence-electron chi connectivity index (χ4n) is 2.05. The van der Waals surface area contributed by atoms with Crippen molar-refractivity contribution >= 4 is 23.5 Å². The van der Waals surface area contributed by atoms with Crippen LogP contribution in [-0.4, -0.2) is 42.2 Å². The van der Waals surface area contributed by atoms with Gasteiger partial charge in [-0.05, 0) is 19.1 Å². The summed E-state index contributed by atoms with van der Waals surface area (Å²) in [5.41, 5.74) is 0.448. The van der Waals surface area contributed by atoms with E-state index in [-0.39, 0.29) is 13.2 Å². The molecule has 0 spiro atoms. The maximum absolute atomic E-state index is 12.0. The van der Waals surface area contributed by atoms with E-state index in [2.05, 4.69) is 0 Å². The van der Waals surface area contributed by atoms with E-state index in [4.69, 9.17) is 14.6 Å². The van der Waals surface area contributed by atoms with Crippen LogP contribution in [-0.2, 0) is 19.1 Å². The summed E-state index contributed by atoms with van der Waals surface area (Å²) in [6.45, 7) is 1.80. The van der Waals surface area contributed by atoms with Crippen LogP contribution in [0.25, 0.3) is 0 Å². The molecule has 1 N–H and O–H groups in total. The Bertz CT molecular complexity index is 570. The Hall–Kier alpha value is -2.57. The van der Waals surface area contributed by atoms with Gasteiger partial charge in [-0.2, -0.15) is 0 Å². The van der Waals surface area contributed by atoms with Gasteiger partial charge in [0.25, 0.3) is 0 Å². The van der Waals surface area contributed by atoms with E-state index in [1.807, 2.05) is 0 Å². The molecule has 0 saturated carbocycles. The molecular formula is C14H15NO6. The first-order valence-electron chi connectivity index (χ1n) is 6.47. The Labute approximate surface area is 121 Å². The molecule has 1 aromatic carbocycles. The number of hydrogen-bond donors (Lipinski definition) is 1. The standard InChI is InChI=1S/C14H15NO6/c1-2-20-14(19)11-8-15(12(16)7-13(17)18)9-5-3-4-6-10(9)21-11/h3-6,11H,2,7-8H2,1H3,(H,17,18). The summed E-state index contributed by atoms with van der Waals surface area (Å²) >= 11 is 0. The Morgan fingerprint density at radius 1 is 1.38 bits per heavy atom. The maximum Gasteiger partial charge on any atom is 0.349 e. The maximum atomic E-state index is 12.0. The number of fused-ring (bicyclic) bond motifs is 1. The molecule has 0 bridgehead atoms. The van der Waals surface area contributed by atoms with E-state index >= 15 is 0 Å². The molecule has 1 atom stereocenters. The molecule has 21 heavy (non-hydrogen) atoms. The van der Waals surface area contributed by atoms with E-state index < -0.39 is 30.4 Å². The molecule has 1 aliphatic rings. The molecule has 1 unspecified atom stereocenters. The monoisotopic (exact) mass is 293 g/mol. The zero-order valence-electron chi connectivity index (χ0n) is 11.4. The van der Waals surface area contributed by atoms with Crippen molar-refractivity contribution in [2.75, 3.05) is 18.1 Å². The molecule has 1 amide bonds. The summed E-state index contributed by atoms with van der Waals surface area (Å²) in [7, 11) is 0. The number of carbonyl (C=O) groups excluding carboxylic acids is 2. The summed E-state index contributed by atoms with van der Waals surface area (Å²) in [6, 6.07) is 6.65. The highest BCUT2D eigenvalue weighted by Gasteiger charge is 2.34. The second kappa shape index (κ2) is 6.25. The van der Waals surface area contributed by atoms with Gasteiger partial charge >= 0.3 is 11.9 Å². The first-order chi connectivity index (χ1) is 10.0. The molecule has 0 saturated heterocycles. The second-order valence-electron chi connectivity index (χ2n) is 4.40. The van der Waals surface area contributed by atoms with E-state index in [1.165, 1.54) is 4.90 Å². The Morgan fingerprint density at radius 3 is 2.76 bits per heavy atom. The topological polar surface area (TPSA) is 93.1 Å². The van der Waals surface area contributed by atoms with E-state index in [1.54, 1.807) is 31.2 Å². The van der Waals surface area contributed by atoms with Gasteiger partial charge in [-0.1, -0.05) is 12.1 Å².